The van der Waals surface area contributed by atoms with Gasteiger partial charge in [0.2, 0.25) is 0 Å². The van der Waals surface area contributed by atoms with E-state index in [0.717, 1.165) is 11.3 Å². The minimum atomic E-state index is -0.548. The number of carbonyl (C=O) groups is 1. The molecule has 0 atom stereocenters. The molecule has 0 radical (unpaired) electrons. The Bertz CT molecular complexity index is 942. The van der Waals surface area contributed by atoms with Crippen molar-refractivity contribution < 1.29 is 19.2 Å². The molecule has 1 aromatic carbocycles. The van der Waals surface area contributed by atoms with Crippen molar-refractivity contribution in [1.82, 2.24) is 14.7 Å². The van der Waals surface area contributed by atoms with Crippen LogP contribution in [0.15, 0.2) is 24.5 Å². The van der Waals surface area contributed by atoms with Crippen molar-refractivity contribution in [2.75, 3.05) is 38.2 Å². The van der Waals surface area contributed by atoms with E-state index in [4.69, 9.17) is 9.47 Å². The quantitative estimate of drug-likeness (QED) is 0.556. The second-order valence-electron chi connectivity index (χ2n) is 8.16. The molecule has 1 fully saturated rings. The number of anilines is 1. The van der Waals surface area contributed by atoms with Crippen LogP contribution >= 0.6 is 0 Å². The number of methoxy groups -OCH3 is 1. The van der Waals surface area contributed by atoms with Crippen molar-refractivity contribution in [3.63, 3.8) is 0 Å². The highest BCUT2D eigenvalue weighted by molar-refractivity contribution is 5.83. The van der Waals surface area contributed by atoms with Crippen LogP contribution in [0.3, 0.4) is 0 Å². The minimum absolute atomic E-state index is 0.104. The van der Waals surface area contributed by atoms with Crippen LogP contribution in [0.2, 0.25) is 0 Å². The Labute approximate surface area is 175 Å². The van der Waals surface area contributed by atoms with Gasteiger partial charge >= 0.3 is 11.8 Å². The van der Waals surface area contributed by atoms with Gasteiger partial charge in [-0.15, -0.1) is 0 Å². The molecule has 2 aromatic rings. The summed E-state index contributed by atoms with van der Waals surface area (Å²) in [6.07, 6.45) is 3.15. The molecule has 10 nitrogen and oxygen atoms in total. The van der Waals surface area contributed by atoms with Gasteiger partial charge in [-0.3, -0.25) is 14.8 Å². The number of nitro benzene ring substituents is 1. The zero-order valence-corrected chi connectivity index (χ0v) is 17.9. The number of aromatic nitrogens is 2. The second-order valence-corrected chi connectivity index (χ2v) is 8.16. The van der Waals surface area contributed by atoms with Crippen molar-refractivity contribution in [2.45, 2.75) is 26.4 Å². The summed E-state index contributed by atoms with van der Waals surface area (Å²) in [7, 11) is 3.21. The first-order valence-corrected chi connectivity index (χ1v) is 9.67. The molecule has 2 heterocycles. The second kappa shape index (κ2) is 8.21. The summed E-state index contributed by atoms with van der Waals surface area (Å²) in [6.45, 7) is 7.61. The summed E-state index contributed by atoms with van der Waals surface area (Å²) >= 11 is 0. The average Bonchev–Trinajstić information content (AvgIpc) is 3.11. The van der Waals surface area contributed by atoms with Crippen LogP contribution in [-0.4, -0.2) is 64.6 Å². The SMILES string of the molecule is COc1cc(N2CCN(C(=O)OC(C)(C)C)CC2)c(-c2cnn(C)c2)cc1[N+](=O)[O-]. The maximum atomic E-state index is 12.3. The molecule has 3 rings (SSSR count). The van der Waals surface area contributed by atoms with Crippen LogP contribution in [0.1, 0.15) is 20.8 Å². The number of rotatable bonds is 4. The largest absolute Gasteiger partial charge is 0.490 e. The molecule has 162 valence electrons. The Balaban J connectivity index is 1.90. The van der Waals surface area contributed by atoms with Gasteiger partial charge < -0.3 is 19.3 Å². The van der Waals surface area contributed by atoms with Crippen LogP contribution in [0, 0.1) is 10.1 Å². The lowest BCUT2D eigenvalue weighted by Crippen LogP contribution is -2.50. The lowest BCUT2D eigenvalue weighted by atomic mass is 10.0. The predicted octanol–water partition coefficient (Wildman–Crippen LogP) is 3.06. The van der Waals surface area contributed by atoms with Crippen molar-refractivity contribution in [3.8, 4) is 16.9 Å². The highest BCUT2D eigenvalue weighted by Gasteiger charge is 2.29. The number of amides is 1. The lowest BCUT2D eigenvalue weighted by molar-refractivity contribution is -0.385. The first-order chi connectivity index (χ1) is 14.1. The average molecular weight is 417 g/mol. The number of nitrogens with zero attached hydrogens (tertiary/aromatic N) is 5. The molecule has 0 aliphatic carbocycles. The molecule has 1 aliphatic heterocycles. The number of piperazine rings is 1. The summed E-state index contributed by atoms with van der Waals surface area (Å²) < 4.78 is 12.4. The zero-order valence-electron chi connectivity index (χ0n) is 17.9. The van der Waals surface area contributed by atoms with Crippen molar-refractivity contribution >= 4 is 17.5 Å². The molecule has 10 heteroatoms. The van der Waals surface area contributed by atoms with Crippen LogP contribution in [0.4, 0.5) is 16.2 Å². The Morgan fingerprint density at radius 1 is 1.20 bits per heavy atom. The number of nitro groups is 1. The third kappa shape index (κ3) is 4.64. The Morgan fingerprint density at radius 3 is 2.37 bits per heavy atom. The normalized spacial score (nSPS) is 14.6. The fourth-order valence-corrected chi connectivity index (χ4v) is 3.37. The number of ether oxygens (including phenoxy) is 2. The zero-order chi connectivity index (χ0) is 22.1. The number of aryl methyl sites for hydroxylation is 1. The van der Waals surface area contributed by atoms with Crippen LogP contribution in [-0.2, 0) is 11.8 Å². The van der Waals surface area contributed by atoms with E-state index in [0.29, 0.717) is 31.7 Å². The number of hydrogen-bond acceptors (Lipinski definition) is 7. The Hall–Kier alpha value is -3.30. The van der Waals surface area contributed by atoms with E-state index < -0.39 is 10.5 Å². The third-order valence-corrected chi connectivity index (χ3v) is 4.78. The fraction of sp³-hybridized carbons (Fsp3) is 0.500. The van der Waals surface area contributed by atoms with E-state index in [1.165, 1.54) is 13.2 Å². The molecule has 1 aromatic heterocycles. The lowest BCUT2D eigenvalue weighted by Gasteiger charge is -2.37. The standard InChI is InChI=1S/C20H27N5O5/c1-20(2,3)30-19(26)24-8-6-23(7-9-24)16-11-18(29-5)17(25(27)28)10-15(16)14-12-21-22(4)13-14/h10-13H,6-9H2,1-5H3. The molecule has 1 aliphatic rings. The Morgan fingerprint density at radius 2 is 1.87 bits per heavy atom. The molecule has 0 bridgehead atoms. The van der Waals surface area contributed by atoms with Gasteiger partial charge in [0.25, 0.3) is 0 Å². The molecule has 0 unspecified atom stereocenters. The van der Waals surface area contributed by atoms with Crippen LogP contribution in [0.5, 0.6) is 5.75 Å². The summed E-state index contributed by atoms with van der Waals surface area (Å²) in [5.41, 5.74) is 1.61. The smallest absolute Gasteiger partial charge is 0.410 e. The molecule has 30 heavy (non-hydrogen) atoms. The summed E-state index contributed by atoms with van der Waals surface area (Å²) in [5.74, 6) is 0.192. The van der Waals surface area contributed by atoms with Gasteiger partial charge in [-0.25, -0.2) is 4.79 Å². The molecular weight excluding hydrogens is 390 g/mol. The van der Waals surface area contributed by atoms with E-state index in [-0.39, 0.29) is 17.5 Å². The van der Waals surface area contributed by atoms with E-state index in [1.54, 1.807) is 28.9 Å². The van der Waals surface area contributed by atoms with Gasteiger partial charge in [0.15, 0.2) is 5.75 Å². The van der Waals surface area contributed by atoms with Crippen molar-refractivity contribution in [3.05, 3.63) is 34.6 Å². The maximum absolute atomic E-state index is 12.3. The molecular formula is C20H27N5O5. The van der Waals surface area contributed by atoms with E-state index in [1.807, 2.05) is 27.0 Å². The molecule has 0 saturated carbocycles. The number of hydrogen-bond donors (Lipinski definition) is 0. The van der Waals surface area contributed by atoms with E-state index in [2.05, 4.69) is 10.00 Å². The van der Waals surface area contributed by atoms with Gasteiger partial charge in [0.05, 0.1) is 18.2 Å². The Kier molecular flexibility index (Phi) is 5.86. The maximum Gasteiger partial charge on any atom is 0.410 e. The summed E-state index contributed by atoms with van der Waals surface area (Å²) in [4.78, 5) is 27.2. The first-order valence-electron chi connectivity index (χ1n) is 9.67. The molecule has 1 amide bonds. The topological polar surface area (TPSA) is 103 Å². The molecule has 0 spiro atoms. The van der Waals surface area contributed by atoms with Gasteiger partial charge in [-0.1, -0.05) is 0 Å². The monoisotopic (exact) mass is 417 g/mol. The molecule has 1 saturated heterocycles. The van der Waals surface area contributed by atoms with Crippen molar-refractivity contribution in [2.24, 2.45) is 7.05 Å². The van der Waals surface area contributed by atoms with Crippen molar-refractivity contribution in [1.29, 1.82) is 0 Å². The minimum Gasteiger partial charge on any atom is -0.490 e. The number of benzene rings is 1. The summed E-state index contributed by atoms with van der Waals surface area (Å²) in [6, 6.07) is 3.20. The van der Waals surface area contributed by atoms with Gasteiger partial charge in [-0.2, -0.15) is 5.10 Å². The predicted molar refractivity (Wildman–Crippen MR) is 112 cm³/mol. The highest BCUT2D eigenvalue weighted by atomic mass is 16.6. The fourth-order valence-electron chi connectivity index (χ4n) is 3.37. The molecule has 0 N–H and O–H groups in total. The van der Waals surface area contributed by atoms with E-state index in [9.17, 15) is 14.9 Å². The number of carbonyl (C=O) groups excluding carboxylic acids is 1. The third-order valence-electron chi connectivity index (χ3n) is 4.78. The summed E-state index contributed by atoms with van der Waals surface area (Å²) in [5, 5.41) is 15.7. The van der Waals surface area contributed by atoms with Gasteiger partial charge in [0.1, 0.15) is 5.60 Å². The van der Waals surface area contributed by atoms with E-state index >= 15 is 0 Å². The van der Waals surface area contributed by atoms with Crippen LogP contribution < -0.4 is 9.64 Å². The highest BCUT2D eigenvalue weighted by Crippen LogP contribution is 2.40. The van der Waals surface area contributed by atoms with Gasteiger partial charge in [0, 0.05) is 68.4 Å². The van der Waals surface area contributed by atoms with Gasteiger partial charge in [-0.05, 0) is 20.8 Å². The first kappa shape index (κ1) is 21.4. The van der Waals surface area contributed by atoms with Crippen LogP contribution in [0.25, 0.3) is 11.1 Å².